The highest BCUT2D eigenvalue weighted by Crippen LogP contribution is 2.17. The average Bonchev–Trinajstić information content (AvgIpc) is 2.41. The van der Waals surface area contributed by atoms with Crippen molar-refractivity contribution in [3.8, 4) is 0 Å². The predicted molar refractivity (Wildman–Crippen MR) is 69.3 cm³/mol. The largest absolute Gasteiger partial charge is 0.303 e. The lowest BCUT2D eigenvalue weighted by molar-refractivity contribution is -0.111. The highest BCUT2D eigenvalue weighted by atomic mass is 16.1. The van der Waals surface area contributed by atoms with E-state index in [-0.39, 0.29) is 0 Å². The fourth-order valence-corrected chi connectivity index (χ4v) is 1.99. The molecule has 2 aliphatic carbocycles. The van der Waals surface area contributed by atoms with E-state index in [1.165, 1.54) is 31.3 Å². The van der Waals surface area contributed by atoms with Crippen molar-refractivity contribution in [2.24, 2.45) is 5.92 Å². The van der Waals surface area contributed by atoms with E-state index in [9.17, 15) is 4.79 Å². The molecule has 0 aromatic rings. The van der Waals surface area contributed by atoms with Crippen molar-refractivity contribution in [3.63, 3.8) is 0 Å². The molecule has 88 valence electrons. The van der Waals surface area contributed by atoms with Gasteiger partial charge in [0, 0.05) is 5.92 Å². The topological polar surface area (TPSA) is 17.1 Å². The van der Waals surface area contributed by atoms with Gasteiger partial charge in [-0.3, -0.25) is 0 Å². The van der Waals surface area contributed by atoms with E-state index in [0.717, 1.165) is 25.5 Å². The number of hydrogen-bond donors (Lipinski definition) is 0. The van der Waals surface area contributed by atoms with Gasteiger partial charge in [0.2, 0.25) is 0 Å². The van der Waals surface area contributed by atoms with Gasteiger partial charge in [-0.15, -0.1) is 0 Å². The van der Waals surface area contributed by atoms with E-state index in [0.29, 0.717) is 5.92 Å². The smallest absolute Gasteiger partial charge is 0.123 e. The second-order valence-corrected chi connectivity index (χ2v) is 4.41. The highest BCUT2D eigenvalue weighted by Gasteiger charge is 2.06. The van der Waals surface area contributed by atoms with Crippen molar-refractivity contribution < 1.29 is 4.79 Å². The highest BCUT2D eigenvalue weighted by molar-refractivity contribution is 5.54. The third kappa shape index (κ3) is 5.11. The SMILES string of the molecule is C=CC1=CCCCC1.O=CC1CC=CCC1. The summed E-state index contributed by atoms with van der Waals surface area (Å²) in [5, 5.41) is 0. The standard InChI is InChI=1S/C8H12.C7H10O/c1-2-8-6-4-3-5-7-8;8-6-7-4-2-1-3-5-7/h2,6H,1,3-5,7H2;1-2,6-7H,3-5H2. The molecular weight excluding hydrogens is 196 g/mol. The monoisotopic (exact) mass is 218 g/mol. The quantitative estimate of drug-likeness (QED) is 0.501. The van der Waals surface area contributed by atoms with Crippen molar-refractivity contribution in [3.05, 3.63) is 36.5 Å². The summed E-state index contributed by atoms with van der Waals surface area (Å²) in [4.78, 5) is 10.1. The summed E-state index contributed by atoms with van der Waals surface area (Å²) in [6.45, 7) is 3.72. The summed E-state index contributed by atoms with van der Waals surface area (Å²) >= 11 is 0. The number of carbonyl (C=O) groups excluding carboxylic acids is 1. The van der Waals surface area contributed by atoms with E-state index in [1.54, 1.807) is 0 Å². The molecule has 0 radical (unpaired) electrons. The molecule has 2 rings (SSSR count). The Morgan fingerprint density at radius 1 is 1.25 bits per heavy atom. The Kier molecular flexibility index (Phi) is 6.55. The van der Waals surface area contributed by atoms with Gasteiger partial charge in [-0.1, -0.05) is 36.5 Å². The third-order valence-electron chi connectivity index (χ3n) is 3.09. The Morgan fingerprint density at radius 3 is 2.50 bits per heavy atom. The molecule has 0 spiro atoms. The van der Waals surface area contributed by atoms with E-state index in [4.69, 9.17) is 0 Å². The summed E-state index contributed by atoms with van der Waals surface area (Å²) in [7, 11) is 0. The van der Waals surface area contributed by atoms with Gasteiger partial charge < -0.3 is 4.79 Å². The van der Waals surface area contributed by atoms with Crippen LogP contribution in [0.4, 0.5) is 0 Å². The zero-order valence-electron chi connectivity index (χ0n) is 10.0. The van der Waals surface area contributed by atoms with Gasteiger partial charge in [-0.05, 0) is 44.9 Å². The Labute approximate surface area is 98.9 Å². The fourth-order valence-electron chi connectivity index (χ4n) is 1.99. The zero-order valence-corrected chi connectivity index (χ0v) is 10.0. The normalized spacial score (nSPS) is 23.8. The van der Waals surface area contributed by atoms with Crippen LogP contribution in [0.15, 0.2) is 36.5 Å². The summed E-state index contributed by atoms with van der Waals surface area (Å²) in [6, 6.07) is 0. The molecule has 0 saturated carbocycles. The maximum Gasteiger partial charge on any atom is 0.123 e. The summed E-state index contributed by atoms with van der Waals surface area (Å²) in [5.41, 5.74) is 1.44. The number of allylic oxidation sites excluding steroid dienone is 5. The van der Waals surface area contributed by atoms with Gasteiger partial charge in [0.05, 0.1) is 0 Å². The first-order valence-electron chi connectivity index (χ1n) is 6.28. The Morgan fingerprint density at radius 2 is 2.12 bits per heavy atom. The minimum Gasteiger partial charge on any atom is -0.303 e. The first-order valence-corrected chi connectivity index (χ1v) is 6.28. The molecule has 0 heterocycles. The molecule has 1 atom stereocenters. The van der Waals surface area contributed by atoms with Crippen LogP contribution < -0.4 is 0 Å². The molecule has 2 aliphatic rings. The van der Waals surface area contributed by atoms with E-state index in [2.05, 4.69) is 24.8 Å². The van der Waals surface area contributed by atoms with Crippen molar-refractivity contribution in [1.82, 2.24) is 0 Å². The molecule has 1 nitrogen and oxygen atoms in total. The number of rotatable bonds is 2. The number of hydrogen-bond acceptors (Lipinski definition) is 1. The van der Waals surface area contributed by atoms with E-state index >= 15 is 0 Å². The molecule has 0 amide bonds. The van der Waals surface area contributed by atoms with Crippen LogP contribution in [0.5, 0.6) is 0 Å². The van der Waals surface area contributed by atoms with E-state index < -0.39 is 0 Å². The average molecular weight is 218 g/mol. The molecule has 0 N–H and O–H groups in total. The van der Waals surface area contributed by atoms with Gasteiger partial charge in [0.1, 0.15) is 6.29 Å². The van der Waals surface area contributed by atoms with Crippen molar-refractivity contribution in [1.29, 1.82) is 0 Å². The lowest BCUT2D eigenvalue weighted by Crippen LogP contribution is -2.02. The van der Waals surface area contributed by atoms with Crippen LogP contribution in [-0.2, 0) is 4.79 Å². The predicted octanol–water partition coefficient (Wildman–Crippen LogP) is 4.21. The molecule has 1 unspecified atom stereocenters. The molecule has 1 heteroatoms. The number of aldehydes is 1. The molecule has 0 aromatic heterocycles. The molecular formula is C15H22O. The number of carbonyl (C=O) groups is 1. The van der Waals surface area contributed by atoms with Crippen molar-refractivity contribution in [2.75, 3.05) is 0 Å². The maximum absolute atomic E-state index is 10.1. The molecule has 0 bridgehead atoms. The zero-order chi connectivity index (χ0) is 11.6. The van der Waals surface area contributed by atoms with Gasteiger partial charge in [-0.25, -0.2) is 0 Å². The van der Waals surface area contributed by atoms with Crippen molar-refractivity contribution >= 4 is 6.29 Å². The van der Waals surface area contributed by atoms with Gasteiger partial charge in [0.15, 0.2) is 0 Å². The van der Waals surface area contributed by atoms with Crippen LogP contribution >= 0.6 is 0 Å². The summed E-state index contributed by atoms with van der Waals surface area (Å²) in [6.07, 6.45) is 17.9. The minimum absolute atomic E-state index is 0.319. The maximum atomic E-state index is 10.1. The summed E-state index contributed by atoms with van der Waals surface area (Å²) < 4.78 is 0. The lowest BCUT2D eigenvalue weighted by Gasteiger charge is -2.08. The Bertz CT molecular complexity index is 273. The second kappa shape index (κ2) is 8.09. The molecule has 0 saturated heterocycles. The van der Waals surface area contributed by atoms with Crippen LogP contribution in [0.2, 0.25) is 0 Å². The fraction of sp³-hybridized carbons (Fsp3) is 0.533. The van der Waals surface area contributed by atoms with E-state index in [1.807, 2.05) is 6.08 Å². The third-order valence-corrected chi connectivity index (χ3v) is 3.09. The first kappa shape index (κ1) is 13.0. The molecule has 16 heavy (non-hydrogen) atoms. The van der Waals surface area contributed by atoms with Gasteiger partial charge >= 0.3 is 0 Å². The van der Waals surface area contributed by atoms with Crippen LogP contribution in [0.3, 0.4) is 0 Å². The second-order valence-electron chi connectivity index (χ2n) is 4.41. The Hall–Kier alpha value is -1.11. The first-order chi connectivity index (χ1) is 7.86. The lowest BCUT2D eigenvalue weighted by atomic mass is 9.96. The van der Waals surface area contributed by atoms with Gasteiger partial charge in [0.25, 0.3) is 0 Å². The van der Waals surface area contributed by atoms with Crippen LogP contribution in [0, 0.1) is 5.92 Å². The minimum atomic E-state index is 0.319. The molecule has 0 aliphatic heterocycles. The molecule has 0 aromatic carbocycles. The van der Waals surface area contributed by atoms with Gasteiger partial charge in [-0.2, -0.15) is 0 Å². The van der Waals surface area contributed by atoms with Crippen LogP contribution in [0.1, 0.15) is 44.9 Å². The molecule has 0 fully saturated rings. The Balaban J connectivity index is 0.000000160. The summed E-state index contributed by atoms with van der Waals surface area (Å²) in [5.74, 6) is 0.319. The van der Waals surface area contributed by atoms with Crippen LogP contribution in [0.25, 0.3) is 0 Å². The van der Waals surface area contributed by atoms with Crippen molar-refractivity contribution in [2.45, 2.75) is 44.9 Å². The van der Waals surface area contributed by atoms with Crippen LogP contribution in [-0.4, -0.2) is 6.29 Å².